The molecular formula is C9H8F5N. The van der Waals surface area contributed by atoms with Gasteiger partial charge in [0, 0.05) is 12.1 Å². The van der Waals surface area contributed by atoms with E-state index in [2.05, 4.69) is 5.32 Å². The van der Waals surface area contributed by atoms with Crippen molar-refractivity contribution in [3.8, 4) is 0 Å². The Labute approximate surface area is 82.9 Å². The normalized spacial score (nSPS) is 11.1. The SMILES string of the molecule is Fc1ccc(CNCC(F)F)c(F)c1F. The average molecular weight is 225 g/mol. The van der Waals surface area contributed by atoms with Gasteiger partial charge >= 0.3 is 0 Å². The Kier molecular flexibility index (Phi) is 4.02. The molecule has 0 saturated carbocycles. The van der Waals surface area contributed by atoms with Gasteiger partial charge in [-0.2, -0.15) is 0 Å². The average Bonchev–Trinajstić information content (AvgIpc) is 2.18. The zero-order valence-electron chi connectivity index (χ0n) is 7.54. The molecule has 84 valence electrons. The Bertz CT molecular complexity index is 340. The van der Waals surface area contributed by atoms with E-state index in [-0.39, 0.29) is 12.1 Å². The van der Waals surface area contributed by atoms with Crippen LogP contribution in [0.1, 0.15) is 5.56 Å². The lowest BCUT2D eigenvalue weighted by Gasteiger charge is -2.06. The van der Waals surface area contributed by atoms with E-state index in [0.717, 1.165) is 12.1 Å². The number of halogens is 5. The van der Waals surface area contributed by atoms with Crippen molar-refractivity contribution in [3.05, 3.63) is 35.1 Å². The fourth-order valence-corrected chi connectivity index (χ4v) is 1.02. The first-order valence-electron chi connectivity index (χ1n) is 4.13. The third kappa shape index (κ3) is 3.16. The molecule has 0 aliphatic carbocycles. The van der Waals surface area contributed by atoms with Crippen molar-refractivity contribution in [2.45, 2.75) is 13.0 Å². The van der Waals surface area contributed by atoms with Crippen LogP contribution in [0.4, 0.5) is 22.0 Å². The van der Waals surface area contributed by atoms with Crippen LogP contribution in [0, 0.1) is 17.5 Å². The van der Waals surface area contributed by atoms with E-state index in [9.17, 15) is 22.0 Å². The number of alkyl halides is 2. The molecule has 0 saturated heterocycles. The lowest BCUT2D eigenvalue weighted by Crippen LogP contribution is -2.21. The lowest BCUT2D eigenvalue weighted by atomic mass is 10.2. The van der Waals surface area contributed by atoms with E-state index < -0.39 is 30.4 Å². The van der Waals surface area contributed by atoms with Crippen molar-refractivity contribution < 1.29 is 22.0 Å². The van der Waals surface area contributed by atoms with Gasteiger partial charge in [-0.3, -0.25) is 0 Å². The van der Waals surface area contributed by atoms with Gasteiger partial charge < -0.3 is 5.32 Å². The predicted octanol–water partition coefficient (Wildman–Crippen LogP) is 2.46. The molecule has 15 heavy (non-hydrogen) atoms. The Morgan fingerprint density at radius 1 is 1.07 bits per heavy atom. The molecule has 0 radical (unpaired) electrons. The highest BCUT2D eigenvalue weighted by molar-refractivity contribution is 5.20. The van der Waals surface area contributed by atoms with Crippen molar-refractivity contribution in [3.63, 3.8) is 0 Å². The minimum atomic E-state index is -2.57. The van der Waals surface area contributed by atoms with E-state index in [1.54, 1.807) is 0 Å². The molecule has 0 unspecified atom stereocenters. The van der Waals surface area contributed by atoms with Crippen LogP contribution in [0.5, 0.6) is 0 Å². The van der Waals surface area contributed by atoms with Crippen LogP contribution in [-0.2, 0) is 6.54 Å². The standard InChI is InChI=1S/C9H8F5N/c10-6-2-1-5(8(13)9(6)14)3-15-4-7(11)12/h1-2,7,15H,3-4H2. The van der Waals surface area contributed by atoms with Crippen LogP contribution in [0.2, 0.25) is 0 Å². The minimum absolute atomic E-state index is 0.186. The summed E-state index contributed by atoms with van der Waals surface area (Å²) < 4.78 is 61.4. The summed E-state index contributed by atoms with van der Waals surface area (Å²) >= 11 is 0. The maximum Gasteiger partial charge on any atom is 0.250 e. The first-order chi connectivity index (χ1) is 7.02. The molecule has 0 bridgehead atoms. The van der Waals surface area contributed by atoms with E-state index in [0.29, 0.717) is 0 Å². The first-order valence-corrected chi connectivity index (χ1v) is 4.13. The summed E-state index contributed by atoms with van der Waals surface area (Å²) in [6.45, 7) is -0.897. The first kappa shape index (κ1) is 11.9. The van der Waals surface area contributed by atoms with Gasteiger partial charge in [0.15, 0.2) is 17.5 Å². The van der Waals surface area contributed by atoms with Crippen LogP contribution in [0.25, 0.3) is 0 Å². The van der Waals surface area contributed by atoms with Crippen LogP contribution < -0.4 is 5.32 Å². The van der Waals surface area contributed by atoms with Gasteiger partial charge in [0.05, 0.1) is 6.54 Å². The van der Waals surface area contributed by atoms with Crippen molar-refractivity contribution in [2.75, 3.05) is 6.54 Å². The number of rotatable bonds is 4. The second-order valence-corrected chi connectivity index (χ2v) is 2.86. The second kappa shape index (κ2) is 5.06. The molecule has 1 nitrogen and oxygen atoms in total. The topological polar surface area (TPSA) is 12.0 Å². The summed E-state index contributed by atoms with van der Waals surface area (Å²) in [5, 5.41) is 2.21. The van der Waals surface area contributed by atoms with Crippen LogP contribution in [-0.4, -0.2) is 13.0 Å². The summed E-state index contributed by atoms with van der Waals surface area (Å²) in [5.74, 6) is -4.24. The maximum absolute atomic E-state index is 12.9. The number of hydrogen-bond acceptors (Lipinski definition) is 1. The van der Waals surface area contributed by atoms with E-state index >= 15 is 0 Å². The van der Waals surface area contributed by atoms with Gasteiger partial charge in [-0.05, 0) is 6.07 Å². The van der Waals surface area contributed by atoms with Crippen LogP contribution in [0.3, 0.4) is 0 Å². The summed E-state index contributed by atoms with van der Waals surface area (Å²) in [4.78, 5) is 0. The predicted molar refractivity (Wildman–Crippen MR) is 44.0 cm³/mol. The highest BCUT2D eigenvalue weighted by atomic mass is 19.3. The molecule has 0 aliphatic rings. The number of benzene rings is 1. The molecule has 0 aliphatic heterocycles. The Balaban J connectivity index is 2.66. The van der Waals surface area contributed by atoms with Gasteiger partial charge in [0.2, 0.25) is 0 Å². The van der Waals surface area contributed by atoms with Gasteiger partial charge in [-0.25, -0.2) is 22.0 Å². The van der Waals surface area contributed by atoms with E-state index in [1.165, 1.54) is 0 Å². The smallest absolute Gasteiger partial charge is 0.250 e. The highest BCUT2D eigenvalue weighted by Gasteiger charge is 2.13. The summed E-state index contributed by atoms with van der Waals surface area (Å²) in [7, 11) is 0. The van der Waals surface area contributed by atoms with Crippen molar-refractivity contribution in [1.29, 1.82) is 0 Å². The summed E-state index contributed by atoms with van der Waals surface area (Å²) in [5.41, 5.74) is -0.186. The Morgan fingerprint density at radius 3 is 2.33 bits per heavy atom. The van der Waals surface area contributed by atoms with Gasteiger partial charge in [0.1, 0.15) is 0 Å². The van der Waals surface area contributed by atoms with Crippen molar-refractivity contribution in [2.24, 2.45) is 0 Å². The molecule has 0 heterocycles. The molecule has 1 aromatic rings. The zero-order chi connectivity index (χ0) is 11.4. The third-order valence-corrected chi connectivity index (χ3v) is 1.73. The van der Waals surface area contributed by atoms with Gasteiger partial charge in [-0.15, -0.1) is 0 Å². The molecule has 0 fully saturated rings. The van der Waals surface area contributed by atoms with Gasteiger partial charge in [0.25, 0.3) is 6.43 Å². The lowest BCUT2D eigenvalue weighted by molar-refractivity contribution is 0.145. The monoisotopic (exact) mass is 225 g/mol. The second-order valence-electron chi connectivity index (χ2n) is 2.86. The van der Waals surface area contributed by atoms with E-state index in [1.807, 2.05) is 0 Å². The quantitative estimate of drug-likeness (QED) is 0.613. The molecule has 6 heteroatoms. The van der Waals surface area contributed by atoms with Crippen molar-refractivity contribution in [1.82, 2.24) is 5.32 Å². The largest absolute Gasteiger partial charge is 0.307 e. The highest BCUT2D eigenvalue weighted by Crippen LogP contribution is 2.14. The Hall–Kier alpha value is -1.17. The number of nitrogens with one attached hydrogen (secondary N) is 1. The molecule has 0 amide bonds. The summed E-state index contributed by atoms with van der Waals surface area (Å²) in [6.07, 6.45) is -2.57. The van der Waals surface area contributed by atoms with Gasteiger partial charge in [-0.1, -0.05) is 6.07 Å². The third-order valence-electron chi connectivity index (χ3n) is 1.73. The van der Waals surface area contributed by atoms with Crippen molar-refractivity contribution >= 4 is 0 Å². The maximum atomic E-state index is 12.9. The summed E-state index contributed by atoms with van der Waals surface area (Å²) in [6, 6.07) is 1.75. The minimum Gasteiger partial charge on any atom is -0.307 e. The van der Waals surface area contributed by atoms with Crippen LogP contribution in [0.15, 0.2) is 12.1 Å². The molecule has 0 aromatic heterocycles. The molecule has 1 rings (SSSR count). The fourth-order valence-electron chi connectivity index (χ4n) is 1.02. The van der Waals surface area contributed by atoms with Crippen LogP contribution >= 0.6 is 0 Å². The molecule has 1 N–H and O–H groups in total. The Morgan fingerprint density at radius 2 is 1.73 bits per heavy atom. The molecule has 0 atom stereocenters. The molecule has 0 spiro atoms. The van der Waals surface area contributed by atoms with E-state index in [4.69, 9.17) is 0 Å². The number of hydrogen-bond donors (Lipinski definition) is 1. The zero-order valence-corrected chi connectivity index (χ0v) is 7.54. The fraction of sp³-hybridized carbons (Fsp3) is 0.333. The molecular weight excluding hydrogens is 217 g/mol. The molecule has 1 aromatic carbocycles.